The average molecular weight is 272 g/mol. The van der Waals surface area contributed by atoms with E-state index in [2.05, 4.69) is 5.32 Å². The Balaban J connectivity index is 2.44. The molecule has 0 spiro atoms. The standard InChI is InChI=1S/C11H16N2O4S/c1-7(10(14)13-4-5-16-2)17-11(15)9-8(12)3-6-18-9/h3,6-7H,4-5,12H2,1-2H3,(H,13,14). The number of nitrogens with one attached hydrogen (secondary N) is 1. The molecule has 1 unspecified atom stereocenters. The van der Waals surface area contributed by atoms with E-state index in [-0.39, 0.29) is 5.91 Å². The van der Waals surface area contributed by atoms with Crippen LogP contribution in [0.25, 0.3) is 0 Å². The zero-order valence-electron chi connectivity index (χ0n) is 10.3. The van der Waals surface area contributed by atoms with Crippen molar-refractivity contribution in [3.05, 3.63) is 16.3 Å². The van der Waals surface area contributed by atoms with E-state index in [1.165, 1.54) is 25.4 Å². The lowest BCUT2D eigenvalue weighted by Crippen LogP contribution is -2.37. The Hall–Kier alpha value is -1.60. The highest BCUT2D eigenvalue weighted by atomic mass is 32.1. The SMILES string of the molecule is COCCNC(=O)C(C)OC(=O)c1sccc1N. The summed E-state index contributed by atoms with van der Waals surface area (Å²) in [6.45, 7) is 2.28. The topological polar surface area (TPSA) is 90.6 Å². The number of thiophene rings is 1. The zero-order chi connectivity index (χ0) is 13.5. The number of nitrogen functional groups attached to an aromatic ring is 1. The van der Waals surface area contributed by atoms with Gasteiger partial charge in [0.25, 0.3) is 5.91 Å². The van der Waals surface area contributed by atoms with Crippen LogP contribution in [0.1, 0.15) is 16.6 Å². The molecule has 0 aliphatic carbocycles. The summed E-state index contributed by atoms with van der Waals surface area (Å²) in [5.74, 6) is -0.951. The molecular weight excluding hydrogens is 256 g/mol. The number of amides is 1. The van der Waals surface area contributed by atoms with Crippen molar-refractivity contribution in [3.63, 3.8) is 0 Å². The van der Waals surface area contributed by atoms with Crippen LogP contribution < -0.4 is 11.1 Å². The lowest BCUT2D eigenvalue weighted by molar-refractivity contribution is -0.129. The van der Waals surface area contributed by atoms with Crippen LogP contribution in [0.3, 0.4) is 0 Å². The summed E-state index contributed by atoms with van der Waals surface area (Å²) in [6.07, 6.45) is -0.865. The highest BCUT2D eigenvalue weighted by Crippen LogP contribution is 2.20. The molecule has 1 rings (SSSR count). The van der Waals surface area contributed by atoms with Gasteiger partial charge in [-0.05, 0) is 18.4 Å². The van der Waals surface area contributed by atoms with Crippen LogP contribution in [0, 0.1) is 0 Å². The summed E-state index contributed by atoms with van der Waals surface area (Å²) in [5, 5.41) is 4.27. The molecule has 0 fully saturated rings. The number of esters is 1. The summed E-state index contributed by atoms with van der Waals surface area (Å²) in [4.78, 5) is 23.5. The summed E-state index contributed by atoms with van der Waals surface area (Å²) in [6, 6.07) is 1.62. The fourth-order valence-electron chi connectivity index (χ4n) is 1.17. The fourth-order valence-corrected chi connectivity index (χ4v) is 1.87. The van der Waals surface area contributed by atoms with E-state index in [0.717, 1.165) is 0 Å². The predicted molar refractivity (Wildman–Crippen MR) is 68.5 cm³/mol. The lowest BCUT2D eigenvalue weighted by Gasteiger charge is -2.12. The minimum atomic E-state index is -0.865. The van der Waals surface area contributed by atoms with Gasteiger partial charge in [-0.3, -0.25) is 4.79 Å². The van der Waals surface area contributed by atoms with Gasteiger partial charge in [0.15, 0.2) is 6.10 Å². The quantitative estimate of drug-likeness (QED) is 0.586. The third-order valence-corrected chi connectivity index (χ3v) is 3.05. The van der Waals surface area contributed by atoms with Gasteiger partial charge < -0.3 is 20.5 Å². The molecule has 0 aromatic carbocycles. The summed E-state index contributed by atoms with van der Waals surface area (Å²) < 4.78 is 9.80. The molecule has 0 saturated carbocycles. The molecule has 0 aliphatic heterocycles. The second kappa shape index (κ2) is 6.97. The van der Waals surface area contributed by atoms with Gasteiger partial charge in [-0.15, -0.1) is 11.3 Å². The maximum Gasteiger partial charge on any atom is 0.351 e. The normalized spacial score (nSPS) is 11.9. The molecule has 18 heavy (non-hydrogen) atoms. The maximum atomic E-state index is 11.7. The Bertz CT molecular complexity index is 419. The van der Waals surface area contributed by atoms with Crippen molar-refractivity contribution in [1.82, 2.24) is 5.32 Å². The van der Waals surface area contributed by atoms with E-state index in [1.807, 2.05) is 0 Å². The fraction of sp³-hybridized carbons (Fsp3) is 0.455. The van der Waals surface area contributed by atoms with Gasteiger partial charge in [0.05, 0.1) is 12.3 Å². The van der Waals surface area contributed by atoms with Crippen LogP contribution in [-0.2, 0) is 14.3 Å². The van der Waals surface area contributed by atoms with Gasteiger partial charge in [0, 0.05) is 13.7 Å². The van der Waals surface area contributed by atoms with Crippen molar-refractivity contribution in [3.8, 4) is 0 Å². The van der Waals surface area contributed by atoms with Gasteiger partial charge in [-0.2, -0.15) is 0 Å². The number of hydrogen-bond donors (Lipinski definition) is 2. The molecule has 1 aromatic heterocycles. The van der Waals surface area contributed by atoms with E-state index < -0.39 is 12.1 Å². The molecule has 7 heteroatoms. The third-order valence-electron chi connectivity index (χ3n) is 2.14. The smallest absolute Gasteiger partial charge is 0.351 e. The summed E-state index contributed by atoms with van der Waals surface area (Å²) in [5.41, 5.74) is 5.94. The Morgan fingerprint density at radius 1 is 1.56 bits per heavy atom. The average Bonchev–Trinajstić information content (AvgIpc) is 2.75. The monoisotopic (exact) mass is 272 g/mol. The second-order valence-electron chi connectivity index (χ2n) is 3.54. The zero-order valence-corrected chi connectivity index (χ0v) is 11.1. The van der Waals surface area contributed by atoms with E-state index in [9.17, 15) is 9.59 Å². The molecule has 1 atom stereocenters. The molecular formula is C11H16N2O4S. The Morgan fingerprint density at radius 2 is 2.28 bits per heavy atom. The molecule has 1 amide bonds. The first-order valence-corrected chi connectivity index (χ1v) is 6.24. The van der Waals surface area contributed by atoms with Gasteiger partial charge in [-0.1, -0.05) is 0 Å². The minimum Gasteiger partial charge on any atom is -0.448 e. The van der Waals surface area contributed by atoms with Crippen molar-refractivity contribution in [2.75, 3.05) is 26.0 Å². The lowest BCUT2D eigenvalue weighted by atomic mass is 10.3. The number of rotatable bonds is 6. The van der Waals surface area contributed by atoms with Gasteiger partial charge in [-0.25, -0.2) is 4.79 Å². The van der Waals surface area contributed by atoms with E-state index >= 15 is 0 Å². The molecule has 1 aromatic rings. The number of hydrogen-bond acceptors (Lipinski definition) is 6. The summed E-state index contributed by atoms with van der Waals surface area (Å²) >= 11 is 1.18. The second-order valence-corrected chi connectivity index (χ2v) is 4.45. The summed E-state index contributed by atoms with van der Waals surface area (Å²) in [7, 11) is 1.54. The number of methoxy groups -OCH3 is 1. The maximum absolute atomic E-state index is 11.7. The molecule has 100 valence electrons. The van der Waals surface area contributed by atoms with Gasteiger partial charge in [0.1, 0.15) is 4.88 Å². The van der Waals surface area contributed by atoms with E-state index in [1.54, 1.807) is 11.4 Å². The van der Waals surface area contributed by atoms with Gasteiger partial charge in [0.2, 0.25) is 0 Å². The van der Waals surface area contributed by atoms with E-state index in [4.69, 9.17) is 15.2 Å². The van der Waals surface area contributed by atoms with E-state index in [0.29, 0.717) is 23.7 Å². The van der Waals surface area contributed by atoms with Gasteiger partial charge >= 0.3 is 5.97 Å². The predicted octanol–water partition coefficient (Wildman–Crippen LogP) is 0.638. The van der Waals surface area contributed by atoms with Crippen LogP contribution in [0.5, 0.6) is 0 Å². The Morgan fingerprint density at radius 3 is 2.83 bits per heavy atom. The molecule has 0 radical (unpaired) electrons. The number of carbonyl (C=O) groups excluding carboxylic acids is 2. The molecule has 6 nitrogen and oxygen atoms in total. The van der Waals surface area contributed by atoms with Crippen LogP contribution in [0.4, 0.5) is 5.69 Å². The van der Waals surface area contributed by atoms with Crippen LogP contribution in [-0.4, -0.2) is 38.2 Å². The number of ether oxygens (including phenoxy) is 2. The van der Waals surface area contributed by atoms with Crippen molar-refractivity contribution in [2.45, 2.75) is 13.0 Å². The van der Waals surface area contributed by atoms with Crippen molar-refractivity contribution in [1.29, 1.82) is 0 Å². The number of carbonyl (C=O) groups is 2. The van der Waals surface area contributed by atoms with Crippen molar-refractivity contribution in [2.24, 2.45) is 0 Å². The largest absolute Gasteiger partial charge is 0.448 e. The molecule has 0 aliphatic rings. The number of anilines is 1. The highest BCUT2D eigenvalue weighted by Gasteiger charge is 2.20. The van der Waals surface area contributed by atoms with Crippen LogP contribution >= 0.6 is 11.3 Å². The molecule has 1 heterocycles. The van der Waals surface area contributed by atoms with Crippen molar-refractivity contribution < 1.29 is 19.1 Å². The highest BCUT2D eigenvalue weighted by molar-refractivity contribution is 7.12. The molecule has 0 saturated heterocycles. The van der Waals surface area contributed by atoms with Crippen LogP contribution in [0.2, 0.25) is 0 Å². The first-order valence-electron chi connectivity index (χ1n) is 5.37. The number of nitrogens with two attached hydrogens (primary N) is 1. The van der Waals surface area contributed by atoms with Crippen LogP contribution in [0.15, 0.2) is 11.4 Å². The van der Waals surface area contributed by atoms with Crippen molar-refractivity contribution >= 4 is 28.9 Å². The third kappa shape index (κ3) is 4.01. The molecule has 0 bridgehead atoms. The Labute approximate surface area is 109 Å². The first kappa shape index (κ1) is 14.5. The minimum absolute atomic E-state index is 0.312. The molecule has 3 N–H and O–H groups in total. The Kier molecular flexibility index (Phi) is 5.60. The first-order chi connectivity index (χ1) is 8.56.